The van der Waals surface area contributed by atoms with Gasteiger partial charge in [-0.25, -0.2) is 8.42 Å². The summed E-state index contributed by atoms with van der Waals surface area (Å²) >= 11 is 1.45. The molecule has 0 aromatic heterocycles. The van der Waals surface area contributed by atoms with Crippen molar-refractivity contribution in [2.45, 2.75) is 10.9 Å². The summed E-state index contributed by atoms with van der Waals surface area (Å²) in [7, 11) is -3.23. The maximum atomic E-state index is 12.8. The Kier molecular flexibility index (Phi) is 5.06. The van der Waals surface area contributed by atoms with Crippen LogP contribution in [0.1, 0.15) is 0 Å². The summed E-state index contributed by atoms with van der Waals surface area (Å²) in [4.78, 5) is 15.4. The zero-order valence-electron chi connectivity index (χ0n) is 12.9. The van der Waals surface area contributed by atoms with E-state index in [0.717, 1.165) is 4.90 Å². The average molecular weight is 359 g/mol. The molecule has 0 saturated carbocycles. The molecule has 0 unspecified atom stereocenters. The highest BCUT2D eigenvalue weighted by Gasteiger charge is 2.31. The van der Waals surface area contributed by atoms with Crippen LogP contribution in [0.15, 0.2) is 77.0 Å². The highest BCUT2D eigenvalue weighted by Crippen LogP contribution is 2.25. The van der Waals surface area contributed by atoms with E-state index in [-0.39, 0.29) is 17.4 Å². The predicted molar refractivity (Wildman–Crippen MR) is 97.8 cm³/mol. The molecule has 1 amide bonds. The number of para-hydroxylation sites is 1. The van der Waals surface area contributed by atoms with E-state index in [4.69, 9.17) is 0 Å². The number of anilines is 1. The van der Waals surface area contributed by atoms with Gasteiger partial charge in [0.15, 0.2) is 9.84 Å². The maximum Gasteiger partial charge on any atom is 0.237 e. The number of benzene rings is 2. The molecule has 0 radical (unpaired) electrons. The van der Waals surface area contributed by atoms with Crippen molar-refractivity contribution in [1.29, 1.82) is 0 Å². The number of rotatable bonds is 5. The molecule has 6 heteroatoms. The van der Waals surface area contributed by atoms with Gasteiger partial charge in [-0.1, -0.05) is 36.4 Å². The van der Waals surface area contributed by atoms with Gasteiger partial charge >= 0.3 is 0 Å². The SMILES string of the molecule is O=C(CSc1ccccc1)N(c1ccccc1)[C@H]1C=CS(=O)(=O)C1. The number of carbonyl (C=O) groups excluding carboxylic acids is 1. The van der Waals surface area contributed by atoms with Crippen LogP contribution in [-0.4, -0.2) is 31.9 Å². The van der Waals surface area contributed by atoms with Gasteiger partial charge in [0.2, 0.25) is 5.91 Å². The summed E-state index contributed by atoms with van der Waals surface area (Å²) in [5, 5.41) is 1.20. The predicted octanol–water partition coefficient (Wildman–Crippen LogP) is 3.12. The van der Waals surface area contributed by atoms with Gasteiger partial charge < -0.3 is 4.90 Å². The lowest BCUT2D eigenvalue weighted by molar-refractivity contribution is -0.116. The summed E-state index contributed by atoms with van der Waals surface area (Å²) in [5.41, 5.74) is 0.711. The summed E-state index contributed by atoms with van der Waals surface area (Å²) in [6.07, 6.45) is 1.59. The molecule has 0 aliphatic carbocycles. The minimum Gasteiger partial charge on any atom is -0.304 e. The van der Waals surface area contributed by atoms with Gasteiger partial charge in [-0.15, -0.1) is 11.8 Å². The molecule has 0 saturated heterocycles. The number of sulfone groups is 1. The van der Waals surface area contributed by atoms with Crippen LogP contribution in [0.5, 0.6) is 0 Å². The van der Waals surface area contributed by atoms with Crippen LogP contribution < -0.4 is 4.90 Å². The third kappa shape index (κ3) is 4.07. The summed E-state index contributed by atoms with van der Waals surface area (Å²) in [6.45, 7) is 0. The van der Waals surface area contributed by atoms with Crippen LogP contribution in [0.4, 0.5) is 5.69 Å². The van der Waals surface area contributed by atoms with Crippen LogP contribution in [-0.2, 0) is 14.6 Å². The van der Waals surface area contributed by atoms with E-state index in [0.29, 0.717) is 5.69 Å². The zero-order chi connectivity index (χ0) is 17.0. The molecule has 2 aromatic carbocycles. The van der Waals surface area contributed by atoms with Gasteiger partial charge in [-0.2, -0.15) is 0 Å². The van der Waals surface area contributed by atoms with E-state index in [9.17, 15) is 13.2 Å². The van der Waals surface area contributed by atoms with Gasteiger partial charge in [-0.05, 0) is 30.3 Å². The van der Waals surface area contributed by atoms with Crippen LogP contribution >= 0.6 is 11.8 Å². The van der Waals surface area contributed by atoms with Crippen molar-refractivity contribution in [3.05, 3.63) is 72.1 Å². The number of amides is 1. The van der Waals surface area contributed by atoms with E-state index in [1.165, 1.54) is 17.2 Å². The standard InChI is InChI=1S/C18H17NO3S2/c20-18(13-23-17-9-5-2-6-10-17)19(15-7-3-1-4-8-15)16-11-12-24(21,22)14-16/h1-12,16H,13-14H2/t16-/m0/s1. The Balaban J connectivity index is 1.80. The summed E-state index contributed by atoms with van der Waals surface area (Å²) in [6, 6.07) is 18.4. The van der Waals surface area contributed by atoms with Gasteiger partial charge in [0.25, 0.3) is 0 Å². The molecule has 24 heavy (non-hydrogen) atoms. The fraction of sp³-hybridized carbons (Fsp3) is 0.167. The van der Waals surface area contributed by atoms with E-state index in [2.05, 4.69) is 0 Å². The van der Waals surface area contributed by atoms with Crippen LogP contribution in [0.3, 0.4) is 0 Å². The van der Waals surface area contributed by atoms with Crippen LogP contribution in [0.2, 0.25) is 0 Å². The normalized spacial score (nSPS) is 18.4. The molecule has 0 bridgehead atoms. The van der Waals surface area contributed by atoms with Crippen molar-refractivity contribution in [1.82, 2.24) is 0 Å². The molecule has 1 heterocycles. The third-order valence-electron chi connectivity index (χ3n) is 3.65. The Hall–Kier alpha value is -2.05. The molecule has 0 N–H and O–H groups in total. The largest absolute Gasteiger partial charge is 0.304 e. The molecule has 2 aromatic rings. The first kappa shape index (κ1) is 16.8. The van der Waals surface area contributed by atoms with Crippen molar-refractivity contribution in [2.24, 2.45) is 0 Å². The Morgan fingerprint density at radius 1 is 1.04 bits per heavy atom. The maximum absolute atomic E-state index is 12.8. The Labute approximate surface area is 146 Å². The van der Waals surface area contributed by atoms with Crippen LogP contribution in [0, 0.1) is 0 Å². The van der Waals surface area contributed by atoms with E-state index < -0.39 is 15.9 Å². The molecule has 1 atom stereocenters. The first-order valence-corrected chi connectivity index (χ1v) is 10.2. The highest BCUT2D eigenvalue weighted by atomic mass is 32.2. The second kappa shape index (κ2) is 7.23. The molecule has 3 rings (SSSR count). The van der Waals surface area contributed by atoms with Crippen molar-refractivity contribution in [3.63, 3.8) is 0 Å². The highest BCUT2D eigenvalue weighted by molar-refractivity contribution is 8.00. The Morgan fingerprint density at radius 3 is 2.25 bits per heavy atom. The number of nitrogens with zero attached hydrogens (tertiary/aromatic N) is 1. The van der Waals surface area contributed by atoms with Gasteiger partial charge in [-0.3, -0.25) is 4.79 Å². The molecular formula is C18H17NO3S2. The molecule has 4 nitrogen and oxygen atoms in total. The molecule has 1 aliphatic rings. The lowest BCUT2D eigenvalue weighted by Gasteiger charge is -2.27. The molecule has 0 fully saturated rings. The van der Waals surface area contributed by atoms with E-state index >= 15 is 0 Å². The lowest BCUT2D eigenvalue weighted by Crippen LogP contribution is -2.42. The van der Waals surface area contributed by atoms with Crippen LogP contribution in [0.25, 0.3) is 0 Å². The number of carbonyl (C=O) groups is 1. The molecule has 0 spiro atoms. The fourth-order valence-electron chi connectivity index (χ4n) is 2.56. The lowest BCUT2D eigenvalue weighted by atomic mass is 10.2. The average Bonchev–Trinajstić information content (AvgIpc) is 2.95. The number of thioether (sulfide) groups is 1. The summed E-state index contributed by atoms with van der Waals surface area (Å²) in [5.74, 6) is 0.0780. The molecular weight excluding hydrogens is 342 g/mol. The molecule has 1 aliphatic heterocycles. The van der Waals surface area contributed by atoms with Gasteiger partial charge in [0, 0.05) is 16.0 Å². The topological polar surface area (TPSA) is 54.5 Å². The number of hydrogen-bond donors (Lipinski definition) is 0. The van der Waals surface area contributed by atoms with E-state index in [1.807, 2.05) is 60.7 Å². The quantitative estimate of drug-likeness (QED) is 0.770. The van der Waals surface area contributed by atoms with Crippen molar-refractivity contribution < 1.29 is 13.2 Å². The van der Waals surface area contributed by atoms with Crippen molar-refractivity contribution in [3.8, 4) is 0 Å². The Morgan fingerprint density at radius 2 is 1.67 bits per heavy atom. The van der Waals surface area contributed by atoms with Crippen molar-refractivity contribution in [2.75, 3.05) is 16.4 Å². The minimum atomic E-state index is -3.23. The first-order chi connectivity index (χ1) is 11.6. The number of hydrogen-bond acceptors (Lipinski definition) is 4. The zero-order valence-corrected chi connectivity index (χ0v) is 14.5. The summed E-state index contributed by atoms with van der Waals surface area (Å²) < 4.78 is 23.5. The Bertz CT molecular complexity index is 833. The second-order valence-corrected chi connectivity index (χ2v) is 8.41. The second-order valence-electron chi connectivity index (χ2n) is 5.43. The fourth-order valence-corrected chi connectivity index (χ4v) is 4.61. The first-order valence-electron chi connectivity index (χ1n) is 7.51. The monoisotopic (exact) mass is 359 g/mol. The van der Waals surface area contributed by atoms with Gasteiger partial charge in [0.1, 0.15) is 0 Å². The smallest absolute Gasteiger partial charge is 0.237 e. The van der Waals surface area contributed by atoms with Gasteiger partial charge in [0.05, 0.1) is 17.5 Å². The van der Waals surface area contributed by atoms with E-state index in [1.54, 1.807) is 11.0 Å². The van der Waals surface area contributed by atoms with Crippen molar-refractivity contribution >= 4 is 33.2 Å². The minimum absolute atomic E-state index is 0.0658. The third-order valence-corrected chi connectivity index (χ3v) is 6.03. The molecule has 124 valence electrons.